The van der Waals surface area contributed by atoms with Crippen LogP contribution in [0.4, 0.5) is 0 Å². The summed E-state index contributed by atoms with van der Waals surface area (Å²) < 4.78 is 5.83. The highest BCUT2D eigenvalue weighted by Crippen LogP contribution is 2.23. The lowest BCUT2D eigenvalue weighted by Gasteiger charge is -2.19. The van der Waals surface area contributed by atoms with Crippen molar-refractivity contribution in [2.45, 2.75) is 26.8 Å². The van der Waals surface area contributed by atoms with Gasteiger partial charge in [-0.15, -0.1) is 0 Å². The van der Waals surface area contributed by atoms with Crippen LogP contribution in [0, 0.1) is 6.92 Å². The van der Waals surface area contributed by atoms with Crippen LogP contribution in [-0.2, 0) is 11.3 Å². The molecule has 0 spiro atoms. The lowest BCUT2D eigenvalue weighted by atomic mass is 10.1. The fraction of sp³-hybridized carbons (Fsp3) is 0.261. The lowest BCUT2D eigenvalue weighted by Crippen LogP contribution is -2.32. The van der Waals surface area contributed by atoms with Crippen molar-refractivity contribution in [2.24, 2.45) is 0 Å². The maximum absolute atomic E-state index is 12.6. The minimum atomic E-state index is -0.232. The molecular formula is C23H27ClN2O2. The lowest BCUT2D eigenvalue weighted by molar-refractivity contribution is -0.118. The fourth-order valence-electron chi connectivity index (χ4n) is 2.51. The van der Waals surface area contributed by atoms with Crippen molar-refractivity contribution in [3.05, 3.63) is 82.5 Å². The molecule has 1 amide bonds. The van der Waals surface area contributed by atoms with Gasteiger partial charge in [-0.3, -0.25) is 4.79 Å². The molecule has 1 N–H and O–H groups in total. The third kappa shape index (κ3) is 5.89. The molecule has 0 aliphatic carbocycles. The van der Waals surface area contributed by atoms with Gasteiger partial charge in [0.1, 0.15) is 17.2 Å². The number of likely N-dealkylation sites (N-methyl/N-ethyl adjacent to an activating group) is 1. The maximum atomic E-state index is 12.6. The molecular weight excluding hydrogens is 372 g/mol. The van der Waals surface area contributed by atoms with E-state index in [1.165, 1.54) is 5.56 Å². The summed E-state index contributed by atoms with van der Waals surface area (Å²) in [6.07, 6.45) is 0.686. The number of carbonyl (C=O) groups is 1. The number of aryl methyl sites for hydroxylation is 1. The number of amides is 1. The van der Waals surface area contributed by atoms with Gasteiger partial charge >= 0.3 is 0 Å². The first kappa shape index (κ1) is 21.6. The van der Waals surface area contributed by atoms with Gasteiger partial charge in [0, 0.05) is 20.6 Å². The van der Waals surface area contributed by atoms with Gasteiger partial charge in [-0.05, 0) is 48.7 Å². The average molecular weight is 399 g/mol. The smallest absolute Gasteiger partial charge is 0.269 e. The van der Waals surface area contributed by atoms with E-state index in [1.807, 2.05) is 62.4 Å². The van der Waals surface area contributed by atoms with E-state index in [1.54, 1.807) is 19.0 Å². The van der Waals surface area contributed by atoms with Crippen LogP contribution in [0.5, 0.6) is 11.5 Å². The highest BCUT2D eigenvalue weighted by atomic mass is 35.5. The Morgan fingerprint density at radius 2 is 1.61 bits per heavy atom. The van der Waals surface area contributed by atoms with E-state index in [0.29, 0.717) is 23.7 Å². The second-order valence-corrected chi connectivity index (χ2v) is 7.13. The second-order valence-electron chi connectivity index (χ2n) is 6.76. The Hall–Kier alpha value is -2.72. The molecule has 2 rings (SSSR count). The quantitative estimate of drug-likeness (QED) is 0.479. The summed E-state index contributed by atoms with van der Waals surface area (Å²) in [5.74, 6) is 1.30. The summed E-state index contributed by atoms with van der Waals surface area (Å²) in [5.41, 5.74) is 3.30. The summed E-state index contributed by atoms with van der Waals surface area (Å²) in [7, 11) is 3.58. The molecule has 0 aromatic heterocycles. The van der Waals surface area contributed by atoms with Crippen LogP contribution in [0.1, 0.15) is 24.5 Å². The Kier molecular flexibility index (Phi) is 7.70. The maximum Gasteiger partial charge on any atom is 0.269 e. The number of hydrogen-bond donors (Lipinski definition) is 1. The molecule has 0 heterocycles. The monoisotopic (exact) mass is 398 g/mol. The van der Waals surface area contributed by atoms with E-state index < -0.39 is 0 Å². The third-order valence-electron chi connectivity index (χ3n) is 4.24. The fourth-order valence-corrected chi connectivity index (χ4v) is 2.89. The molecule has 0 saturated carbocycles. The molecule has 0 atom stereocenters. The summed E-state index contributed by atoms with van der Waals surface area (Å²) >= 11 is 6.34. The number of hydrogen-bond acceptors (Lipinski definition) is 3. The molecule has 0 aliphatic rings. The molecule has 4 nitrogen and oxygen atoms in total. The molecule has 0 fully saturated rings. The predicted molar refractivity (Wildman–Crippen MR) is 116 cm³/mol. The Balaban J connectivity index is 2.01. The number of rotatable bonds is 8. The van der Waals surface area contributed by atoms with Crippen LogP contribution in [0.15, 0.2) is 71.4 Å². The van der Waals surface area contributed by atoms with E-state index in [4.69, 9.17) is 16.3 Å². The zero-order valence-corrected chi connectivity index (χ0v) is 17.6. The Morgan fingerprint density at radius 1 is 1.07 bits per heavy atom. The summed E-state index contributed by atoms with van der Waals surface area (Å²) in [4.78, 5) is 14.3. The molecule has 0 unspecified atom stereocenters. The van der Waals surface area contributed by atoms with E-state index in [2.05, 4.69) is 11.9 Å². The van der Waals surface area contributed by atoms with Crippen molar-refractivity contribution in [3.8, 4) is 11.5 Å². The minimum absolute atomic E-state index is 0.232. The summed E-state index contributed by atoms with van der Waals surface area (Å²) in [6.45, 7) is 8.30. The van der Waals surface area contributed by atoms with Gasteiger partial charge in [-0.25, -0.2) is 0 Å². The normalized spacial score (nSPS) is 11.5. The van der Waals surface area contributed by atoms with E-state index in [0.717, 1.165) is 22.6 Å². The largest absolute Gasteiger partial charge is 0.457 e. The van der Waals surface area contributed by atoms with Crippen LogP contribution in [0.25, 0.3) is 0 Å². The zero-order valence-electron chi connectivity index (χ0n) is 16.9. The highest BCUT2D eigenvalue weighted by Gasteiger charge is 2.17. The van der Waals surface area contributed by atoms with Crippen molar-refractivity contribution in [2.75, 3.05) is 14.1 Å². The van der Waals surface area contributed by atoms with E-state index in [9.17, 15) is 4.79 Å². The van der Waals surface area contributed by atoms with Crippen molar-refractivity contribution in [1.82, 2.24) is 10.2 Å². The number of allylic oxidation sites excluding steroid dienone is 2. The molecule has 2 aromatic carbocycles. The highest BCUT2D eigenvalue weighted by molar-refractivity contribution is 6.34. The Labute approximate surface area is 172 Å². The van der Waals surface area contributed by atoms with Gasteiger partial charge in [0.15, 0.2) is 0 Å². The minimum Gasteiger partial charge on any atom is -0.457 e. The molecule has 0 saturated heterocycles. The first-order valence-electron chi connectivity index (χ1n) is 9.18. The van der Waals surface area contributed by atoms with E-state index in [-0.39, 0.29) is 5.91 Å². The standard InChI is InChI=1S/C23H27ClN2O2/c1-6-17(3)21(24)22(26(4)5)23(27)25-15-18-9-13-20(14-10-18)28-19-11-7-16(2)8-12-19/h7-14H,3,6,15H2,1-2,4-5H3,(H,25,27)/b22-21+. The van der Waals surface area contributed by atoms with Gasteiger partial charge in [0.2, 0.25) is 0 Å². The second kappa shape index (κ2) is 10.00. The van der Waals surface area contributed by atoms with Gasteiger partial charge in [-0.1, -0.05) is 54.9 Å². The van der Waals surface area contributed by atoms with Crippen LogP contribution < -0.4 is 10.1 Å². The van der Waals surface area contributed by atoms with Crippen LogP contribution >= 0.6 is 11.6 Å². The third-order valence-corrected chi connectivity index (χ3v) is 4.69. The summed E-state index contributed by atoms with van der Waals surface area (Å²) in [5, 5.41) is 3.31. The van der Waals surface area contributed by atoms with Gasteiger partial charge in [-0.2, -0.15) is 0 Å². The predicted octanol–water partition coefficient (Wildman–Crippen LogP) is 5.38. The number of nitrogens with one attached hydrogen (secondary N) is 1. The van der Waals surface area contributed by atoms with Crippen molar-refractivity contribution in [3.63, 3.8) is 0 Å². The van der Waals surface area contributed by atoms with Gasteiger partial charge in [0.25, 0.3) is 5.91 Å². The first-order valence-corrected chi connectivity index (χ1v) is 9.56. The number of nitrogens with zero attached hydrogens (tertiary/aromatic N) is 1. The number of ether oxygens (including phenoxy) is 1. The SMILES string of the molecule is C=C(CC)/C(Cl)=C(/C(=O)NCc1ccc(Oc2ccc(C)cc2)cc1)N(C)C. The first-order chi connectivity index (χ1) is 13.3. The van der Waals surface area contributed by atoms with Gasteiger partial charge < -0.3 is 15.0 Å². The molecule has 0 bridgehead atoms. The molecule has 0 radical (unpaired) electrons. The number of benzene rings is 2. The Bertz CT molecular complexity index is 853. The van der Waals surface area contributed by atoms with Crippen LogP contribution in [0.3, 0.4) is 0 Å². The molecule has 5 heteroatoms. The van der Waals surface area contributed by atoms with Crippen molar-refractivity contribution in [1.29, 1.82) is 0 Å². The number of halogens is 1. The molecule has 28 heavy (non-hydrogen) atoms. The average Bonchev–Trinajstić information content (AvgIpc) is 2.68. The van der Waals surface area contributed by atoms with E-state index >= 15 is 0 Å². The Morgan fingerprint density at radius 3 is 2.11 bits per heavy atom. The van der Waals surface area contributed by atoms with Crippen molar-refractivity contribution < 1.29 is 9.53 Å². The summed E-state index contributed by atoms with van der Waals surface area (Å²) in [6, 6.07) is 15.5. The van der Waals surface area contributed by atoms with Crippen molar-refractivity contribution >= 4 is 17.5 Å². The van der Waals surface area contributed by atoms with Crippen LogP contribution in [0.2, 0.25) is 0 Å². The van der Waals surface area contributed by atoms with Gasteiger partial charge in [0.05, 0.1) is 5.03 Å². The number of carbonyl (C=O) groups excluding carboxylic acids is 1. The molecule has 2 aromatic rings. The topological polar surface area (TPSA) is 41.6 Å². The van der Waals surface area contributed by atoms with Crippen LogP contribution in [-0.4, -0.2) is 24.9 Å². The zero-order chi connectivity index (χ0) is 20.7. The molecule has 0 aliphatic heterocycles. The molecule has 148 valence electrons.